The van der Waals surface area contributed by atoms with Gasteiger partial charge in [0.1, 0.15) is 5.82 Å². The monoisotopic (exact) mass is 321 g/mol. The standard InChI is InChI=1S/C17H21F2N3O/c1-11(2)22-6-5-20-17(22)10-21-9-13(23)8-16(21)12-3-4-14(18)15(19)7-12/h3-7,11,13,16,23H,8-10H2,1-2H3/t13-,16-/m1/s1. The smallest absolute Gasteiger partial charge is 0.159 e. The van der Waals surface area contributed by atoms with Gasteiger partial charge in [0.05, 0.1) is 12.6 Å². The minimum Gasteiger partial charge on any atom is -0.392 e. The summed E-state index contributed by atoms with van der Waals surface area (Å²) in [7, 11) is 0. The molecule has 6 heteroatoms. The van der Waals surface area contributed by atoms with Gasteiger partial charge in [-0.3, -0.25) is 4.90 Å². The van der Waals surface area contributed by atoms with Gasteiger partial charge in [0.15, 0.2) is 11.6 Å². The van der Waals surface area contributed by atoms with Gasteiger partial charge in [-0.05, 0) is 38.0 Å². The maximum atomic E-state index is 13.5. The van der Waals surface area contributed by atoms with Crippen LogP contribution in [0.25, 0.3) is 0 Å². The largest absolute Gasteiger partial charge is 0.392 e. The van der Waals surface area contributed by atoms with Gasteiger partial charge in [0.25, 0.3) is 0 Å². The summed E-state index contributed by atoms with van der Waals surface area (Å²) < 4.78 is 28.8. The minimum absolute atomic E-state index is 0.141. The molecule has 0 saturated carbocycles. The minimum atomic E-state index is -0.854. The number of rotatable bonds is 4. The van der Waals surface area contributed by atoms with Gasteiger partial charge < -0.3 is 9.67 Å². The second kappa shape index (κ2) is 6.37. The highest BCUT2D eigenvalue weighted by molar-refractivity contribution is 5.23. The summed E-state index contributed by atoms with van der Waals surface area (Å²) in [6, 6.07) is 4.10. The van der Waals surface area contributed by atoms with E-state index in [9.17, 15) is 13.9 Å². The lowest BCUT2D eigenvalue weighted by Gasteiger charge is -2.25. The van der Waals surface area contributed by atoms with Crippen molar-refractivity contribution in [3.8, 4) is 0 Å². The van der Waals surface area contributed by atoms with Crippen molar-refractivity contribution in [2.24, 2.45) is 0 Å². The van der Waals surface area contributed by atoms with Crippen LogP contribution in [0, 0.1) is 11.6 Å². The molecule has 1 aliphatic heterocycles. The van der Waals surface area contributed by atoms with E-state index in [2.05, 4.69) is 28.3 Å². The number of likely N-dealkylation sites (tertiary alicyclic amines) is 1. The Labute approximate surface area is 134 Å². The Kier molecular flexibility index (Phi) is 4.46. The van der Waals surface area contributed by atoms with E-state index in [0.29, 0.717) is 31.1 Å². The van der Waals surface area contributed by atoms with E-state index in [4.69, 9.17) is 0 Å². The highest BCUT2D eigenvalue weighted by Gasteiger charge is 2.33. The summed E-state index contributed by atoms with van der Waals surface area (Å²) in [5.74, 6) is -0.802. The van der Waals surface area contributed by atoms with E-state index in [1.807, 2.05) is 6.20 Å². The number of aliphatic hydroxyl groups excluding tert-OH is 1. The topological polar surface area (TPSA) is 41.3 Å². The molecule has 1 aromatic heterocycles. The van der Waals surface area contributed by atoms with Crippen molar-refractivity contribution in [2.75, 3.05) is 6.54 Å². The number of hydrogen-bond acceptors (Lipinski definition) is 3. The summed E-state index contributed by atoms with van der Waals surface area (Å²) in [6.45, 7) is 5.22. The molecule has 0 unspecified atom stereocenters. The van der Waals surface area contributed by atoms with Gasteiger partial charge in [-0.15, -0.1) is 0 Å². The molecule has 2 heterocycles. The summed E-state index contributed by atoms with van der Waals surface area (Å²) in [5.41, 5.74) is 0.683. The molecule has 23 heavy (non-hydrogen) atoms. The molecule has 0 aliphatic carbocycles. The molecule has 4 nitrogen and oxygen atoms in total. The first-order valence-electron chi connectivity index (χ1n) is 7.84. The number of imidazole rings is 1. The zero-order valence-electron chi connectivity index (χ0n) is 13.3. The zero-order chi connectivity index (χ0) is 16.6. The highest BCUT2D eigenvalue weighted by Crippen LogP contribution is 2.34. The van der Waals surface area contributed by atoms with Gasteiger partial charge in [-0.25, -0.2) is 13.8 Å². The number of halogens is 2. The van der Waals surface area contributed by atoms with Crippen LogP contribution in [0.2, 0.25) is 0 Å². The zero-order valence-corrected chi connectivity index (χ0v) is 13.3. The fraction of sp³-hybridized carbons (Fsp3) is 0.471. The molecule has 124 valence electrons. The second-order valence-corrected chi connectivity index (χ2v) is 6.35. The van der Waals surface area contributed by atoms with Crippen molar-refractivity contribution < 1.29 is 13.9 Å². The van der Waals surface area contributed by atoms with Crippen LogP contribution in [0.5, 0.6) is 0 Å². The maximum absolute atomic E-state index is 13.5. The summed E-state index contributed by atoms with van der Waals surface area (Å²) in [5, 5.41) is 10.0. The highest BCUT2D eigenvalue weighted by atomic mass is 19.2. The number of nitrogens with zero attached hydrogens (tertiary/aromatic N) is 3. The number of benzene rings is 1. The van der Waals surface area contributed by atoms with Gasteiger partial charge >= 0.3 is 0 Å². The number of β-amino-alcohol motifs (C(OH)–C–C–N with tert-alkyl or cyclic N) is 1. The predicted octanol–water partition coefficient (Wildman–Crippen LogP) is 3.05. The van der Waals surface area contributed by atoms with Crippen LogP contribution in [-0.2, 0) is 6.54 Å². The van der Waals surface area contributed by atoms with Crippen molar-refractivity contribution in [2.45, 2.75) is 45.0 Å². The van der Waals surface area contributed by atoms with Crippen molar-refractivity contribution in [3.05, 3.63) is 53.6 Å². The molecule has 0 radical (unpaired) electrons. The molecule has 1 aliphatic rings. The number of aromatic nitrogens is 2. The molecule has 1 N–H and O–H groups in total. The molecule has 2 aromatic rings. The molecule has 0 amide bonds. The fourth-order valence-corrected chi connectivity index (χ4v) is 3.24. The summed E-state index contributed by atoms with van der Waals surface area (Å²) >= 11 is 0. The summed E-state index contributed by atoms with van der Waals surface area (Å²) in [4.78, 5) is 6.46. The lowest BCUT2D eigenvalue weighted by Crippen LogP contribution is -2.26. The Hall–Kier alpha value is -1.79. The van der Waals surface area contributed by atoms with Crippen LogP contribution in [0.15, 0.2) is 30.6 Å². The van der Waals surface area contributed by atoms with E-state index in [1.54, 1.807) is 12.3 Å². The quantitative estimate of drug-likeness (QED) is 0.941. The molecule has 1 saturated heterocycles. The third-order valence-electron chi connectivity index (χ3n) is 4.36. The van der Waals surface area contributed by atoms with E-state index in [0.717, 1.165) is 11.9 Å². The Morgan fingerprint density at radius 1 is 1.30 bits per heavy atom. The number of hydrogen-bond donors (Lipinski definition) is 1. The third kappa shape index (κ3) is 3.28. The predicted molar refractivity (Wildman–Crippen MR) is 82.7 cm³/mol. The van der Waals surface area contributed by atoms with Gasteiger partial charge in [0, 0.05) is 31.0 Å². The lowest BCUT2D eigenvalue weighted by atomic mass is 10.0. The second-order valence-electron chi connectivity index (χ2n) is 6.35. The fourth-order valence-electron chi connectivity index (χ4n) is 3.24. The van der Waals surface area contributed by atoms with Crippen LogP contribution >= 0.6 is 0 Å². The molecule has 2 atom stereocenters. The molecule has 1 fully saturated rings. The van der Waals surface area contributed by atoms with Gasteiger partial charge in [-0.2, -0.15) is 0 Å². The van der Waals surface area contributed by atoms with Crippen molar-refractivity contribution in [1.82, 2.24) is 14.5 Å². The third-order valence-corrected chi connectivity index (χ3v) is 4.36. The average Bonchev–Trinajstić information content (AvgIpc) is 3.09. The van der Waals surface area contributed by atoms with Crippen molar-refractivity contribution in [3.63, 3.8) is 0 Å². The van der Waals surface area contributed by atoms with Gasteiger partial charge in [0.2, 0.25) is 0 Å². The maximum Gasteiger partial charge on any atom is 0.159 e. The normalized spacial score (nSPS) is 22.2. The molecular formula is C17H21F2N3O. The first kappa shape index (κ1) is 16.1. The van der Waals surface area contributed by atoms with Crippen LogP contribution in [0.1, 0.15) is 43.7 Å². The molecule has 1 aromatic carbocycles. The van der Waals surface area contributed by atoms with E-state index < -0.39 is 17.7 Å². The van der Waals surface area contributed by atoms with Crippen LogP contribution in [0.4, 0.5) is 8.78 Å². The summed E-state index contributed by atoms with van der Waals surface area (Å²) in [6.07, 6.45) is 3.72. The molecule has 0 spiro atoms. The van der Waals surface area contributed by atoms with Crippen molar-refractivity contribution in [1.29, 1.82) is 0 Å². The Morgan fingerprint density at radius 2 is 2.09 bits per heavy atom. The lowest BCUT2D eigenvalue weighted by molar-refractivity contribution is 0.170. The Bertz CT molecular complexity index is 686. The molecular weight excluding hydrogens is 300 g/mol. The van der Waals surface area contributed by atoms with Crippen molar-refractivity contribution >= 4 is 0 Å². The van der Waals surface area contributed by atoms with Crippen LogP contribution in [-0.4, -0.2) is 32.2 Å². The van der Waals surface area contributed by atoms with Crippen LogP contribution in [0.3, 0.4) is 0 Å². The average molecular weight is 321 g/mol. The Morgan fingerprint density at radius 3 is 2.78 bits per heavy atom. The van der Waals surface area contributed by atoms with E-state index in [1.165, 1.54) is 6.07 Å². The van der Waals surface area contributed by atoms with Crippen LogP contribution < -0.4 is 0 Å². The number of aliphatic hydroxyl groups is 1. The SMILES string of the molecule is CC(C)n1ccnc1CN1C[C@H](O)C[C@@H]1c1ccc(F)c(F)c1. The van der Waals surface area contributed by atoms with E-state index >= 15 is 0 Å². The Balaban J connectivity index is 1.85. The molecule has 3 rings (SSSR count). The first-order chi connectivity index (χ1) is 11.0. The van der Waals surface area contributed by atoms with Gasteiger partial charge in [-0.1, -0.05) is 6.07 Å². The van der Waals surface area contributed by atoms with E-state index in [-0.39, 0.29) is 6.04 Å². The molecule has 0 bridgehead atoms. The first-order valence-corrected chi connectivity index (χ1v) is 7.84.